The van der Waals surface area contributed by atoms with E-state index in [9.17, 15) is 9.59 Å². The summed E-state index contributed by atoms with van der Waals surface area (Å²) >= 11 is 0. The molecule has 7 heteroatoms. The molecule has 0 saturated carbocycles. The Kier molecular flexibility index (Phi) is 4.67. The molecule has 134 valence electrons. The molecule has 0 bridgehead atoms. The molecule has 0 spiro atoms. The Balaban J connectivity index is 1.72. The SMILES string of the molecule is Cc1cc(NC=C2C(=O)OC(C)(C)OC2=O)ccc1N1CCOCC1. The summed E-state index contributed by atoms with van der Waals surface area (Å²) < 4.78 is 15.5. The van der Waals surface area contributed by atoms with Crippen molar-refractivity contribution in [3.05, 3.63) is 35.5 Å². The zero-order valence-corrected chi connectivity index (χ0v) is 14.6. The molecule has 2 heterocycles. The normalized spacial score (nSPS) is 20.0. The average molecular weight is 346 g/mol. The molecule has 1 aromatic rings. The van der Waals surface area contributed by atoms with Crippen LogP contribution >= 0.6 is 0 Å². The van der Waals surface area contributed by atoms with E-state index in [1.165, 1.54) is 20.0 Å². The van der Waals surface area contributed by atoms with Crippen molar-refractivity contribution in [1.29, 1.82) is 0 Å². The molecule has 0 aliphatic carbocycles. The van der Waals surface area contributed by atoms with E-state index in [0.29, 0.717) is 0 Å². The average Bonchev–Trinajstić information content (AvgIpc) is 2.54. The number of aryl methyl sites for hydroxylation is 1. The third kappa shape index (κ3) is 3.93. The van der Waals surface area contributed by atoms with Gasteiger partial charge in [-0.15, -0.1) is 0 Å². The number of hydrogen-bond acceptors (Lipinski definition) is 7. The number of anilines is 2. The van der Waals surface area contributed by atoms with Crippen LogP contribution < -0.4 is 10.2 Å². The van der Waals surface area contributed by atoms with Crippen molar-refractivity contribution in [3.8, 4) is 0 Å². The van der Waals surface area contributed by atoms with E-state index >= 15 is 0 Å². The first kappa shape index (κ1) is 17.3. The van der Waals surface area contributed by atoms with Crippen LogP contribution in [0.1, 0.15) is 19.4 Å². The number of cyclic esters (lactones) is 2. The van der Waals surface area contributed by atoms with E-state index in [1.807, 2.05) is 25.1 Å². The molecule has 0 atom stereocenters. The van der Waals surface area contributed by atoms with Gasteiger partial charge in [0.2, 0.25) is 0 Å². The van der Waals surface area contributed by atoms with Crippen molar-refractivity contribution in [1.82, 2.24) is 0 Å². The minimum atomic E-state index is -1.23. The molecule has 2 fully saturated rings. The van der Waals surface area contributed by atoms with Gasteiger partial charge in [0, 0.05) is 44.5 Å². The summed E-state index contributed by atoms with van der Waals surface area (Å²) in [5.74, 6) is -2.63. The van der Waals surface area contributed by atoms with Crippen LogP contribution in [0.15, 0.2) is 30.0 Å². The Labute approximate surface area is 146 Å². The van der Waals surface area contributed by atoms with Crippen LogP contribution in [0.4, 0.5) is 11.4 Å². The van der Waals surface area contributed by atoms with Gasteiger partial charge < -0.3 is 24.4 Å². The van der Waals surface area contributed by atoms with E-state index in [1.54, 1.807) is 0 Å². The van der Waals surface area contributed by atoms with Crippen LogP contribution in [0.3, 0.4) is 0 Å². The lowest BCUT2D eigenvalue weighted by atomic mass is 10.1. The molecule has 2 aliphatic rings. The van der Waals surface area contributed by atoms with Crippen LogP contribution in [-0.4, -0.2) is 44.0 Å². The Bertz CT molecular complexity index is 698. The fraction of sp³-hybridized carbons (Fsp3) is 0.444. The largest absolute Gasteiger partial charge is 0.419 e. The fourth-order valence-corrected chi connectivity index (χ4v) is 2.84. The topological polar surface area (TPSA) is 77.1 Å². The standard InChI is InChI=1S/C18H22N2O5/c1-12-10-13(4-5-15(12)20-6-8-23-9-7-20)19-11-14-16(21)24-18(2,3)25-17(14)22/h4-5,10-11,19H,6-9H2,1-3H3. The Morgan fingerprint density at radius 2 is 1.76 bits per heavy atom. The van der Waals surface area contributed by atoms with Gasteiger partial charge in [-0.3, -0.25) is 0 Å². The highest BCUT2D eigenvalue weighted by Crippen LogP contribution is 2.26. The summed E-state index contributed by atoms with van der Waals surface area (Å²) in [6, 6.07) is 5.88. The summed E-state index contributed by atoms with van der Waals surface area (Å²) in [5, 5.41) is 2.97. The number of carbonyl (C=O) groups excluding carboxylic acids is 2. The van der Waals surface area contributed by atoms with Gasteiger partial charge in [0.15, 0.2) is 5.57 Å². The maximum absolute atomic E-state index is 11.9. The number of ether oxygens (including phenoxy) is 3. The van der Waals surface area contributed by atoms with Crippen molar-refractivity contribution in [2.24, 2.45) is 0 Å². The minimum Gasteiger partial charge on any atom is -0.419 e. The highest BCUT2D eigenvalue weighted by molar-refractivity contribution is 6.15. The van der Waals surface area contributed by atoms with E-state index in [-0.39, 0.29) is 5.57 Å². The van der Waals surface area contributed by atoms with Crippen molar-refractivity contribution in [3.63, 3.8) is 0 Å². The number of carbonyl (C=O) groups is 2. The summed E-state index contributed by atoms with van der Waals surface area (Å²) in [5.41, 5.74) is 2.86. The Hall–Kier alpha value is -2.54. The predicted octanol–water partition coefficient (Wildman–Crippen LogP) is 1.96. The number of morpholine rings is 1. The fourth-order valence-electron chi connectivity index (χ4n) is 2.84. The first-order chi connectivity index (χ1) is 11.9. The number of rotatable bonds is 3. The molecule has 3 rings (SSSR count). The van der Waals surface area contributed by atoms with Gasteiger partial charge in [-0.1, -0.05) is 0 Å². The molecule has 0 unspecified atom stereocenters. The zero-order chi connectivity index (χ0) is 18.0. The van der Waals surface area contributed by atoms with E-state index in [0.717, 1.165) is 43.2 Å². The molecule has 0 amide bonds. The number of esters is 2. The second kappa shape index (κ2) is 6.76. The lowest BCUT2D eigenvalue weighted by Crippen LogP contribution is -2.42. The van der Waals surface area contributed by atoms with Crippen LogP contribution in [0, 0.1) is 6.92 Å². The quantitative estimate of drug-likeness (QED) is 0.509. The Morgan fingerprint density at radius 3 is 2.36 bits per heavy atom. The van der Waals surface area contributed by atoms with Crippen LogP contribution in [-0.2, 0) is 23.8 Å². The summed E-state index contributed by atoms with van der Waals surface area (Å²) in [6.07, 6.45) is 1.32. The molecule has 1 aromatic carbocycles. The highest BCUT2D eigenvalue weighted by Gasteiger charge is 2.38. The van der Waals surface area contributed by atoms with E-state index < -0.39 is 17.7 Å². The van der Waals surface area contributed by atoms with Crippen molar-refractivity contribution >= 4 is 23.3 Å². The lowest BCUT2D eigenvalue weighted by Gasteiger charge is -2.30. The molecule has 2 saturated heterocycles. The highest BCUT2D eigenvalue weighted by atomic mass is 16.7. The molecular formula is C18H22N2O5. The second-order valence-corrected chi connectivity index (χ2v) is 6.48. The predicted molar refractivity (Wildman–Crippen MR) is 92.2 cm³/mol. The maximum Gasteiger partial charge on any atom is 0.350 e. The van der Waals surface area contributed by atoms with Gasteiger partial charge in [-0.2, -0.15) is 0 Å². The molecule has 1 N–H and O–H groups in total. The second-order valence-electron chi connectivity index (χ2n) is 6.48. The van der Waals surface area contributed by atoms with Gasteiger partial charge in [0.25, 0.3) is 5.79 Å². The smallest absolute Gasteiger partial charge is 0.350 e. The van der Waals surface area contributed by atoms with Crippen molar-refractivity contribution < 1.29 is 23.8 Å². The van der Waals surface area contributed by atoms with Crippen LogP contribution in [0.25, 0.3) is 0 Å². The third-order valence-corrected chi connectivity index (χ3v) is 4.05. The van der Waals surface area contributed by atoms with Gasteiger partial charge >= 0.3 is 11.9 Å². The summed E-state index contributed by atoms with van der Waals surface area (Å²) in [6.45, 7) is 8.24. The van der Waals surface area contributed by atoms with Crippen molar-refractivity contribution in [2.75, 3.05) is 36.5 Å². The van der Waals surface area contributed by atoms with Crippen molar-refractivity contribution in [2.45, 2.75) is 26.6 Å². The van der Waals surface area contributed by atoms with E-state index in [2.05, 4.69) is 10.2 Å². The minimum absolute atomic E-state index is 0.158. The van der Waals surface area contributed by atoms with Crippen LogP contribution in [0.5, 0.6) is 0 Å². The first-order valence-electron chi connectivity index (χ1n) is 8.22. The number of nitrogens with zero attached hydrogens (tertiary/aromatic N) is 1. The zero-order valence-electron chi connectivity index (χ0n) is 14.6. The summed E-state index contributed by atoms with van der Waals surface area (Å²) in [7, 11) is 0. The first-order valence-corrected chi connectivity index (χ1v) is 8.22. The van der Waals surface area contributed by atoms with Gasteiger partial charge in [-0.25, -0.2) is 9.59 Å². The maximum atomic E-state index is 11.9. The molecule has 0 aromatic heterocycles. The number of hydrogen-bond donors (Lipinski definition) is 1. The third-order valence-electron chi connectivity index (χ3n) is 4.05. The number of benzene rings is 1. The molecule has 7 nitrogen and oxygen atoms in total. The molecule has 2 aliphatic heterocycles. The van der Waals surface area contributed by atoms with Gasteiger partial charge in [0.05, 0.1) is 13.2 Å². The van der Waals surface area contributed by atoms with E-state index in [4.69, 9.17) is 14.2 Å². The Morgan fingerprint density at radius 1 is 1.12 bits per heavy atom. The molecule has 25 heavy (non-hydrogen) atoms. The van der Waals surface area contributed by atoms with Gasteiger partial charge in [0.1, 0.15) is 0 Å². The molecular weight excluding hydrogens is 324 g/mol. The number of nitrogens with one attached hydrogen (secondary N) is 1. The van der Waals surface area contributed by atoms with Crippen LogP contribution in [0.2, 0.25) is 0 Å². The summed E-state index contributed by atoms with van der Waals surface area (Å²) in [4.78, 5) is 26.1. The monoisotopic (exact) mass is 346 g/mol. The van der Waals surface area contributed by atoms with Gasteiger partial charge in [-0.05, 0) is 30.7 Å². The molecule has 0 radical (unpaired) electrons. The lowest BCUT2D eigenvalue weighted by molar-refractivity contribution is -0.222.